The Hall–Kier alpha value is -0.660. The van der Waals surface area contributed by atoms with Crippen LogP contribution in [-0.2, 0) is 9.59 Å². The maximum absolute atomic E-state index is 11.9. The largest absolute Gasteiger partial charge is 0.299 e. The van der Waals surface area contributed by atoms with Crippen LogP contribution in [0.25, 0.3) is 0 Å². The summed E-state index contributed by atoms with van der Waals surface area (Å²) in [6.45, 7) is 7.90. The molecule has 1 aliphatic carbocycles. The van der Waals surface area contributed by atoms with Crippen LogP contribution in [0, 0.1) is 23.7 Å². The van der Waals surface area contributed by atoms with E-state index in [2.05, 4.69) is 0 Å². The van der Waals surface area contributed by atoms with Crippen LogP contribution in [0.15, 0.2) is 0 Å². The van der Waals surface area contributed by atoms with Crippen molar-refractivity contribution in [2.75, 3.05) is 0 Å². The minimum absolute atomic E-state index is 0.0457. The summed E-state index contributed by atoms with van der Waals surface area (Å²) in [5.41, 5.74) is 0. The van der Waals surface area contributed by atoms with Crippen LogP contribution >= 0.6 is 0 Å². The minimum Gasteiger partial charge on any atom is -0.299 e. The molecule has 2 heteroatoms. The zero-order valence-corrected chi connectivity index (χ0v) is 10.2. The summed E-state index contributed by atoms with van der Waals surface area (Å²) in [4.78, 5) is 23.6. The average molecular weight is 210 g/mol. The molecule has 0 saturated heterocycles. The summed E-state index contributed by atoms with van der Waals surface area (Å²) < 4.78 is 0. The number of hydrogen-bond donors (Lipinski definition) is 0. The van der Waals surface area contributed by atoms with Crippen molar-refractivity contribution in [3.8, 4) is 0 Å². The topological polar surface area (TPSA) is 34.1 Å². The molecule has 0 aromatic rings. The SMILES string of the molecule is CC(C)C(=O)C(CC(=O)C1CC1)C(C)C. The molecule has 1 fully saturated rings. The highest BCUT2D eigenvalue weighted by Crippen LogP contribution is 2.33. The molecule has 0 heterocycles. The molecule has 0 radical (unpaired) electrons. The van der Waals surface area contributed by atoms with E-state index in [1.165, 1.54) is 0 Å². The summed E-state index contributed by atoms with van der Waals surface area (Å²) in [7, 11) is 0. The van der Waals surface area contributed by atoms with Gasteiger partial charge in [-0.3, -0.25) is 9.59 Å². The van der Waals surface area contributed by atoms with E-state index in [0.717, 1.165) is 12.8 Å². The Bertz CT molecular complexity index is 249. The summed E-state index contributed by atoms with van der Waals surface area (Å²) >= 11 is 0. The minimum atomic E-state index is -0.0573. The molecule has 1 rings (SSSR count). The van der Waals surface area contributed by atoms with Crippen LogP contribution in [0.4, 0.5) is 0 Å². The number of ketones is 2. The molecule has 0 aliphatic heterocycles. The second kappa shape index (κ2) is 4.91. The smallest absolute Gasteiger partial charge is 0.139 e. The van der Waals surface area contributed by atoms with Crippen molar-refractivity contribution < 1.29 is 9.59 Å². The van der Waals surface area contributed by atoms with E-state index < -0.39 is 0 Å². The van der Waals surface area contributed by atoms with E-state index in [-0.39, 0.29) is 29.5 Å². The molecular formula is C13H22O2. The van der Waals surface area contributed by atoms with Gasteiger partial charge in [-0.1, -0.05) is 27.7 Å². The first-order valence-electron chi connectivity index (χ1n) is 6.00. The number of carbonyl (C=O) groups is 2. The lowest BCUT2D eigenvalue weighted by Crippen LogP contribution is -2.27. The van der Waals surface area contributed by atoms with Gasteiger partial charge in [0.15, 0.2) is 0 Å². The van der Waals surface area contributed by atoms with E-state index in [1.807, 2.05) is 27.7 Å². The third-order valence-corrected chi connectivity index (χ3v) is 3.19. The Balaban J connectivity index is 2.57. The van der Waals surface area contributed by atoms with Crippen LogP contribution in [0.5, 0.6) is 0 Å². The molecule has 0 amide bonds. The van der Waals surface area contributed by atoms with Crippen molar-refractivity contribution in [1.82, 2.24) is 0 Å². The molecular weight excluding hydrogens is 188 g/mol. The van der Waals surface area contributed by atoms with Crippen molar-refractivity contribution in [3.63, 3.8) is 0 Å². The molecule has 1 saturated carbocycles. The first kappa shape index (κ1) is 12.4. The summed E-state index contributed by atoms with van der Waals surface area (Å²) in [6, 6.07) is 0. The van der Waals surface area contributed by atoms with Crippen molar-refractivity contribution in [2.24, 2.45) is 23.7 Å². The Labute approximate surface area is 92.4 Å². The quantitative estimate of drug-likeness (QED) is 0.675. The standard InChI is InChI=1S/C13H22O2/c1-8(2)11(13(15)9(3)4)7-12(14)10-5-6-10/h8-11H,5-7H2,1-4H3. The van der Waals surface area contributed by atoms with Crippen molar-refractivity contribution in [1.29, 1.82) is 0 Å². The lowest BCUT2D eigenvalue weighted by molar-refractivity contribution is -0.131. The van der Waals surface area contributed by atoms with Gasteiger partial charge >= 0.3 is 0 Å². The van der Waals surface area contributed by atoms with Crippen LogP contribution in [0.3, 0.4) is 0 Å². The van der Waals surface area contributed by atoms with E-state index in [9.17, 15) is 9.59 Å². The van der Waals surface area contributed by atoms with Gasteiger partial charge in [-0.2, -0.15) is 0 Å². The molecule has 1 unspecified atom stereocenters. The molecule has 1 aliphatic rings. The van der Waals surface area contributed by atoms with Crippen molar-refractivity contribution in [2.45, 2.75) is 47.0 Å². The third-order valence-electron chi connectivity index (χ3n) is 3.19. The Morgan fingerprint density at radius 3 is 2.00 bits per heavy atom. The van der Waals surface area contributed by atoms with Gasteiger partial charge in [0.1, 0.15) is 11.6 Å². The highest BCUT2D eigenvalue weighted by Gasteiger charge is 2.34. The second-order valence-corrected chi connectivity index (χ2v) is 5.35. The van der Waals surface area contributed by atoms with Crippen LogP contribution in [0.2, 0.25) is 0 Å². The Morgan fingerprint density at radius 2 is 1.67 bits per heavy atom. The maximum Gasteiger partial charge on any atom is 0.139 e. The number of Topliss-reactive ketones (excluding diaryl/α,β-unsaturated/α-hetero) is 2. The monoisotopic (exact) mass is 210 g/mol. The number of rotatable bonds is 6. The maximum atomic E-state index is 11.9. The zero-order chi connectivity index (χ0) is 11.6. The molecule has 0 bridgehead atoms. The van der Waals surface area contributed by atoms with Gasteiger partial charge in [0.25, 0.3) is 0 Å². The summed E-state index contributed by atoms with van der Waals surface area (Å²) in [5, 5.41) is 0. The van der Waals surface area contributed by atoms with Crippen molar-refractivity contribution >= 4 is 11.6 Å². The fourth-order valence-electron chi connectivity index (χ4n) is 1.88. The summed E-state index contributed by atoms with van der Waals surface area (Å²) in [6.07, 6.45) is 2.55. The van der Waals surface area contributed by atoms with E-state index in [0.29, 0.717) is 12.2 Å². The first-order valence-corrected chi connectivity index (χ1v) is 6.00. The lowest BCUT2D eigenvalue weighted by Gasteiger charge is -2.20. The molecule has 0 spiro atoms. The predicted molar refractivity (Wildman–Crippen MR) is 60.5 cm³/mol. The fraction of sp³-hybridized carbons (Fsp3) is 0.846. The molecule has 0 aromatic carbocycles. The Kier molecular flexibility index (Phi) is 4.06. The van der Waals surface area contributed by atoms with Crippen LogP contribution in [-0.4, -0.2) is 11.6 Å². The molecule has 86 valence electrons. The zero-order valence-electron chi connectivity index (χ0n) is 10.2. The Morgan fingerprint density at radius 1 is 1.13 bits per heavy atom. The normalized spacial score (nSPS) is 18.3. The molecule has 15 heavy (non-hydrogen) atoms. The van der Waals surface area contributed by atoms with E-state index >= 15 is 0 Å². The predicted octanol–water partition coefficient (Wildman–Crippen LogP) is 2.85. The van der Waals surface area contributed by atoms with Gasteiger partial charge in [-0.25, -0.2) is 0 Å². The average Bonchev–Trinajstić information content (AvgIpc) is 2.94. The van der Waals surface area contributed by atoms with Crippen LogP contribution < -0.4 is 0 Å². The molecule has 0 aromatic heterocycles. The van der Waals surface area contributed by atoms with E-state index in [4.69, 9.17) is 0 Å². The molecule has 2 nitrogen and oxygen atoms in total. The number of carbonyl (C=O) groups excluding carboxylic acids is 2. The highest BCUT2D eigenvalue weighted by molar-refractivity contribution is 5.90. The number of hydrogen-bond acceptors (Lipinski definition) is 2. The lowest BCUT2D eigenvalue weighted by atomic mass is 9.82. The van der Waals surface area contributed by atoms with Crippen molar-refractivity contribution in [3.05, 3.63) is 0 Å². The van der Waals surface area contributed by atoms with Gasteiger partial charge in [0.2, 0.25) is 0 Å². The van der Waals surface area contributed by atoms with Crippen LogP contribution in [0.1, 0.15) is 47.0 Å². The van der Waals surface area contributed by atoms with Gasteiger partial charge < -0.3 is 0 Å². The third kappa shape index (κ3) is 3.44. The van der Waals surface area contributed by atoms with Gasteiger partial charge in [0, 0.05) is 24.2 Å². The highest BCUT2D eigenvalue weighted by atomic mass is 16.1. The van der Waals surface area contributed by atoms with Gasteiger partial charge in [-0.15, -0.1) is 0 Å². The summed E-state index contributed by atoms with van der Waals surface area (Å²) in [5.74, 6) is 1.11. The molecule has 0 N–H and O–H groups in total. The fourth-order valence-corrected chi connectivity index (χ4v) is 1.88. The molecule has 1 atom stereocenters. The van der Waals surface area contributed by atoms with Gasteiger partial charge in [-0.05, 0) is 18.8 Å². The second-order valence-electron chi connectivity index (χ2n) is 5.35. The first-order chi connectivity index (χ1) is 6.93. The van der Waals surface area contributed by atoms with Gasteiger partial charge in [0.05, 0.1) is 0 Å². The van der Waals surface area contributed by atoms with E-state index in [1.54, 1.807) is 0 Å².